The number of hydrogen-bond donors (Lipinski definition) is 5. The zero-order valence-corrected chi connectivity index (χ0v) is 43.0. The molecule has 0 unspecified atom stereocenters. The second-order valence-electron chi connectivity index (χ2n) is 21.0. The number of aromatic hydroxyl groups is 3. The van der Waals surface area contributed by atoms with Crippen molar-refractivity contribution >= 4 is 38.7 Å². The van der Waals surface area contributed by atoms with Crippen molar-refractivity contribution in [2.75, 3.05) is 16.6 Å². The Morgan fingerprint density at radius 1 is 0.569 bits per heavy atom. The van der Waals surface area contributed by atoms with Gasteiger partial charge in [0.25, 0.3) is 10.0 Å². The fraction of sp³-hybridized carbons (Fsp3) is 0.547. The monoisotopic (exact) mass is 937 g/mol. The number of anilines is 3. The van der Waals surface area contributed by atoms with Gasteiger partial charge >= 0.3 is 11.6 Å². The van der Waals surface area contributed by atoms with Crippen molar-refractivity contribution < 1.29 is 36.9 Å². The van der Waals surface area contributed by atoms with Crippen molar-refractivity contribution in [2.45, 2.75) is 176 Å². The van der Waals surface area contributed by atoms with Gasteiger partial charge in [-0.2, -0.15) is 8.42 Å². The molecule has 0 aromatic heterocycles. The Balaban J connectivity index is 0.000000462. The quantitative estimate of drug-likeness (QED) is 0.0311. The zero-order valence-electron chi connectivity index (χ0n) is 41.4. The van der Waals surface area contributed by atoms with Crippen molar-refractivity contribution in [3.05, 3.63) is 95.6 Å². The summed E-state index contributed by atoms with van der Waals surface area (Å²) in [5.74, 6) is 1.25. The van der Waals surface area contributed by atoms with Crippen molar-refractivity contribution in [3.8, 4) is 23.0 Å². The van der Waals surface area contributed by atoms with E-state index in [0.717, 1.165) is 47.4 Å². The minimum Gasteiger partial charge on any atom is -0.508 e. The maximum Gasteiger partial charge on any atom is 0.335 e. The molecule has 0 amide bonds. The smallest absolute Gasteiger partial charge is 0.335 e. The van der Waals surface area contributed by atoms with Gasteiger partial charge in [-0.3, -0.25) is 4.72 Å². The third-order valence-corrected chi connectivity index (χ3v) is 12.4. The Labute approximate surface area is 395 Å². The molecule has 4 aromatic rings. The highest BCUT2D eigenvalue weighted by molar-refractivity contribution is 7.92. The highest BCUT2D eigenvalue weighted by Crippen LogP contribution is 2.46. The van der Waals surface area contributed by atoms with E-state index in [-0.39, 0.29) is 38.0 Å². The van der Waals surface area contributed by atoms with Crippen LogP contribution in [0.25, 0.3) is 0 Å². The highest BCUT2D eigenvalue weighted by atomic mass is 32.2. The van der Waals surface area contributed by atoms with E-state index in [2.05, 4.69) is 86.2 Å². The van der Waals surface area contributed by atoms with Crippen LogP contribution in [0.3, 0.4) is 0 Å². The number of aryl methyl sites for hydroxylation is 1. The number of ether oxygens (including phenoxy) is 1. The first-order valence-electron chi connectivity index (χ1n) is 23.1. The summed E-state index contributed by atoms with van der Waals surface area (Å²) in [5, 5.41) is 34.9. The van der Waals surface area contributed by atoms with E-state index in [4.69, 9.17) is 13.2 Å². The average molecular weight is 937 g/mol. The van der Waals surface area contributed by atoms with Crippen LogP contribution in [0.2, 0.25) is 0 Å². The van der Waals surface area contributed by atoms with Crippen molar-refractivity contribution in [1.29, 1.82) is 0 Å². The SMILES string of the molecule is CC(C)(C)CC(C)(C)c1cc(O)c(C(C)(C)CC(C)(C)C)cc1O.CCCCCCCCCCCCOc1ccc(Nc2ccc(O)c(NS(=O)(=O)c3ccc(C)cc3)c2)cc1.O=S=O. The molecule has 65 heavy (non-hydrogen) atoms. The van der Waals surface area contributed by atoms with Crippen molar-refractivity contribution in [3.63, 3.8) is 0 Å². The Bertz CT molecular complexity index is 2130. The van der Waals surface area contributed by atoms with Gasteiger partial charge < -0.3 is 25.4 Å². The summed E-state index contributed by atoms with van der Waals surface area (Å²) in [7, 11) is -3.82. The van der Waals surface area contributed by atoms with Crippen LogP contribution in [0.1, 0.15) is 170 Å². The molecule has 0 aliphatic rings. The Hall–Kier alpha value is -4.55. The maximum atomic E-state index is 12.7. The average Bonchev–Trinajstić information content (AvgIpc) is 3.18. The first kappa shape index (κ1) is 56.6. The molecule has 0 fully saturated rings. The number of phenolic OH excluding ortho intramolecular Hbond substituents is 3. The normalized spacial score (nSPS) is 12.0. The van der Waals surface area contributed by atoms with Crippen LogP contribution < -0.4 is 14.8 Å². The summed E-state index contributed by atoms with van der Waals surface area (Å²) in [5.41, 5.74) is 4.08. The maximum absolute atomic E-state index is 12.7. The van der Waals surface area contributed by atoms with Gasteiger partial charge in [0, 0.05) is 22.5 Å². The molecule has 0 bridgehead atoms. The Morgan fingerprint density at radius 2 is 1.00 bits per heavy atom. The number of benzene rings is 4. The second-order valence-corrected chi connectivity index (χ2v) is 22.8. The predicted molar refractivity (Wildman–Crippen MR) is 270 cm³/mol. The second kappa shape index (κ2) is 26.0. The Kier molecular flexibility index (Phi) is 22.6. The highest BCUT2D eigenvalue weighted by Gasteiger charge is 2.34. The lowest BCUT2D eigenvalue weighted by atomic mass is 9.69. The number of phenols is 3. The summed E-state index contributed by atoms with van der Waals surface area (Å²) in [6.07, 6.45) is 14.9. The van der Waals surface area contributed by atoms with E-state index in [0.29, 0.717) is 23.8 Å². The molecule has 12 heteroatoms. The molecule has 0 spiro atoms. The molecule has 362 valence electrons. The van der Waals surface area contributed by atoms with Crippen LogP contribution in [0.5, 0.6) is 23.0 Å². The molecule has 0 saturated heterocycles. The number of rotatable bonds is 21. The summed E-state index contributed by atoms with van der Waals surface area (Å²) >= 11 is -0.750. The number of nitrogens with one attached hydrogen (secondary N) is 2. The molecule has 0 aliphatic heterocycles. The molecule has 4 aromatic carbocycles. The summed E-state index contributed by atoms with van der Waals surface area (Å²) in [4.78, 5) is 0.134. The summed E-state index contributed by atoms with van der Waals surface area (Å²) in [6, 6.07) is 22.5. The third kappa shape index (κ3) is 21.1. The van der Waals surface area contributed by atoms with Crippen LogP contribution in [0.4, 0.5) is 17.1 Å². The van der Waals surface area contributed by atoms with Crippen molar-refractivity contribution in [1.82, 2.24) is 0 Å². The summed E-state index contributed by atoms with van der Waals surface area (Å²) < 4.78 is 50.4. The molecule has 0 aliphatic carbocycles. The fourth-order valence-electron chi connectivity index (χ4n) is 8.70. The van der Waals surface area contributed by atoms with Gasteiger partial charge in [0.05, 0.1) is 17.2 Å². The first-order valence-corrected chi connectivity index (χ1v) is 25.3. The predicted octanol–water partition coefficient (Wildman–Crippen LogP) is 14.4. The lowest BCUT2D eigenvalue weighted by Gasteiger charge is -2.36. The van der Waals surface area contributed by atoms with Gasteiger partial charge in [-0.15, -0.1) is 0 Å². The molecule has 0 radical (unpaired) electrons. The van der Waals surface area contributed by atoms with Gasteiger partial charge in [-0.25, -0.2) is 8.42 Å². The van der Waals surface area contributed by atoms with E-state index in [1.54, 1.807) is 36.4 Å². The Morgan fingerprint density at radius 3 is 1.45 bits per heavy atom. The molecule has 0 saturated carbocycles. The fourth-order valence-corrected chi connectivity index (χ4v) is 9.77. The molecule has 0 heterocycles. The van der Waals surface area contributed by atoms with Crippen LogP contribution >= 0.6 is 0 Å². The third-order valence-electron chi connectivity index (χ3n) is 11.0. The molecular weight excluding hydrogens is 857 g/mol. The molecule has 10 nitrogen and oxygen atoms in total. The minimum atomic E-state index is -3.82. The van der Waals surface area contributed by atoms with Crippen molar-refractivity contribution in [2.24, 2.45) is 10.8 Å². The van der Waals surface area contributed by atoms with Gasteiger partial charge in [0.1, 0.15) is 23.0 Å². The van der Waals surface area contributed by atoms with Gasteiger partial charge in [-0.05, 0) is 115 Å². The number of unbranched alkanes of at least 4 members (excludes halogenated alkanes) is 9. The standard InChI is InChI=1S/C31H42N2O4S.C22H38O2.O2S/c1-3-4-5-6-7-8-9-10-11-12-23-37-28-18-15-26(16-19-28)32-27-17-22-31(34)30(24-27)33-38(35,36)29-20-13-25(2)14-21-29;1-19(2,3)13-21(7,8)15-11-18(24)16(12-17(15)23)22(9,10)14-20(4,5)6;1-3-2/h13-22,24,32-34H,3-12,23H2,1-2H3;11-12,23-24H,13-14H2,1-10H3;. The van der Waals surface area contributed by atoms with Crippen LogP contribution in [-0.4, -0.2) is 38.8 Å². The molecule has 5 N–H and O–H groups in total. The van der Waals surface area contributed by atoms with Crippen LogP contribution in [0, 0.1) is 17.8 Å². The topological polar surface area (TPSA) is 162 Å². The number of sulfonamides is 1. The largest absolute Gasteiger partial charge is 0.508 e. The van der Waals surface area contributed by atoms with E-state index in [1.807, 2.05) is 31.2 Å². The lowest BCUT2D eigenvalue weighted by Crippen LogP contribution is -2.27. The molecule has 4 rings (SSSR count). The van der Waals surface area contributed by atoms with E-state index in [9.17, 15) is 23.7 Å². The number of hydrogen-bond acceptors (Lipinski definition) is 9. The van der Waals surface area contributed by atoms with Gasteiger partial charge in [0.2, 0.25) is 0 Å². The summed E-state index contributed by atoms with van der Waals surface area (Å²) in [6.45, 7) is 26.6. The lowest BCUT2D eigenvalue weighted by molar-refractivity contribution is 0.270. The van der Waals surface area contributed by atoms with E-state index < -0.39 is 21.6 Å². The first-order chi connectivity index (χ1) is 30.2. The molecular formula is C53H80N2O8S2. The van der Waals surface area contributed by atoms with Gasteiger partial charge in [0.15, 0.2) is 0 Å². The van der Waals surface area contributed by atoms with Gasteiger partial charge in [-0.1, -0.05) is 152 Å². The van der Waals surface area contributed by atoms with Crippen LogP contribution in [-0.2, 0) is 32.4 Å². The minimum absolute atomic E-state index is 0.104. The zero-order chi connectivity index (χ0) is 49.1. The van der Waals surface area contributed by atoms with E-state index >= 15 is 0 Å². The van der Waals surface area contributed by atoms with Crippen LogP contribution in [0.15, 0.2) is 83.8 Å². The van der Waals surface area contributed by atoms with E-state index in [1.165, 1.54) is 76.0 Å². The molecule has 0 atom stereocenters.